The number of benzene rings is 3. The van der Waals surface area contributed by atoms with Gasteiger partial charge in [0, 0.05) is 10.9 Å². The minimum Gasteiger partial charge on any atom is -0.550 e. The van der Waals surface area contributed by atoms with Crippen LogP contribution in [0.3, 0.4) is 0 Å². The van der Waals surface area contributed by atoms with E-state index in [0.29, 0.717) is 32.5 Å². The summed E-state index contributed by atoms with van der Waals surface area (Å²) in [5.41, 5.74) is 1.16. The molecule has 0 amide bonds. The number of aliphatic hydroxyl groups is 1. The Bertz CT molecular complexity index is 1210. The number of unbranched alkanes of at least 4 members (excludes halogenated alkanes) is 1. The van der Waals surface area contributed by atoms with Crippen LogP contribution in [-0.4, -0.2) is 41.6 Å². The van der Waals surface area contributed by atoms with E-state index in [1.165, 1.54) is 23.9 Å². The minimum absolute atomic E-state index is 0. The Morgan fingerprint density at radius 3 is 1.98 bits per heavy atom. The number of carboxylic acid groups (broad SMARTS) is 2. The van der Waals surface area contributed by atoms with Gasteiger partial charge >= 0.3 is 59.1 Å². The van der Waals surface area contributed by atoms with E-state index in [1.54, 1.807) is 12.1 Å². The van der Waals surface area contributed by atoms with E-state index in [-0.39, 0.29) is 76.3 Å². The molecule has 1 N–H and O–H groups in total. The molecule has 0 radical (unpaired) electrons. The first-order chi connectivity index (χ1) is 19.4. The normalized spacial score (nSPS) is 12.0. The van der Waals surface area contributed by atoms with Gasteiger partial charge in [0.25, 0.3) is 0 Å². The second-order valence-electron chi connectivity index (χ2n) is 9.22. The molecule has 10 heteroatoms. The SMILES string of the molecule is O=C([O-])CCC[C@H](O)[C@@H](/C=C\Cc1ccc(OCCCCOc2ccccc2)cc1)Sc1ccc(C(=O)[O-])cc1.[Na+].[Na+]. The first-order valence-corrected chi connectivity index (χ1v) is 14.2. The number of carboxylic acids is 2. The fraction of sp³-hybridized carbons (Fsp3) is 0.312. The van der Waals surface area contributed by atoms with Crippen LogP contribution >= 0.6 is 11.8 Å². The zero-order valence-electron chi connectivity index (χ0n) is 24.3. The number of aromatic carboxylic acids is 1. The number of hydrogen-bond donors (Lipinski definition) is 1. The average molecular weight is 609 g/mol. The third kappa shape index (κ3) is 15.1. The zero-order valence-corrected chi connectivity index (χ0v) is 29.1. The largest absolute Gasteiger partial charge is 1.00 e. The van der Waals surface area contributed by atoms with Crippen molar-refractivity contribution in [3.63, 3.8) is 0 Å². The average Bonchev–Trinajstić information content (AvgIpc) is 2.95. The van der Waals surface area contributed by atoms with Crippen LogP contribution in [0.2, 0.25) is 0 Å². The van der Waals surface area contributed by atoms with Gasteiger partial charge in [-0.2, -0.15) is 0 Å². The maximum Gasteiger partial charge on any atom is 1.00 e. The molecule has 0 bridgehead atoms. The molecular weight excluding hydrogens is 574 g/mol. The van der Waals surface area contributed by atoms with Gasteiger partial charge in [-0.3, -0.25) is 0 Å². The van der Waals surface area contributed by atoms with Crippen molar-refractivity contribution in [3.8, 4) is 11.5 Å². The molecule has 0 unspecified atom stereocenters. The molecule has 3 rings (SSSR count). The molecule has 2 atom stereocenters. The summed E-state index contributed by atoms with van der Waals surface area (Å²) in [6.45, 7) is 1.25. The molecule has 212 valence electrons. The summed E-state index contributed by atoms with van der Waals surface area (Å²) >= 11 is 1.38. The second-order valence-corrected chi connectivity index (χ2v) is 10.5. The summed E-state index contributed by atoms with van der Waals surface area (Å²) in [5.74, 6) is -0.724. The van der Waals surface area contributed by atoms with Crippen LogP contribution in [0.1, 0.15) is 48.0 Å². The predicted octanol–water partition coefficient (Wildman–Crippen LogP) is -2.16. The van der Waals surface area contributed by atoms with Crippen LogP contribution in [0.4, 0.5) is 0 Å². The quantitative estimate of drug-likeness (QED) is 0.0751. The molecule has 0 aliphatic rings. The van der Waals surface area contributed by atoms with Gasteiger partial charge in [0.15, 0.2) is 0 Å². The van der Waals surface area contributed by atoms with Crippen molar-refractivity contribution in [2.75, 3.05) is 13.2 Å². The van der Waals surface area contributed by atoms with Crippen molar-refractivity contribution in [1.82, 2.24) is 0 Å². The Labute approximate surface area is 296 Å². The summed E-state index contributed by atoms with van der Waals surface area (Å²) in [4.78, 5) is 22.5. The van der Waals surface area contributed by atoms with Gasteiger partial charge < -0.3 is 34.4 Å². The third-order valence-corrected chi connectivity index (χ3v) is 7.33. The Kier molecular flexibility index (Phi) is 19.9. The Hall–Kier alpha value is -1.75. The number of carbonyl (C=O) groups excluding carboxylic acids is 2. The zero-order chi connectivity index (χ0) is 28.6. The number of para-hydroxylation sites is 1. The summed E-state index contributed by atoms with van der Waals surface area (Å²) < 4.78 is 11.5. The van der Waals surface area contributed by atoms with Crippen molar-refractivity contribution in [2.24, 2.45) is 0 Å². The van der Waals surface area contributed by atoms with Crippen molar-refractivity contribution in [2.45, 2.75) is 54.8 Å². The van der Waals surface area contributed by atoms with Crippen molar-refractivity contribution in [1.29, 1.82) is 0 Å². The smallest absolute Gasteiger partial charge is 0.550 e. The molecule has 0 saturated carbocycles. The van der Waals surface area contributed by atoms with Crippen LogP contribution in [0.25, 0.3) is 0 Å². The summed E-state index contributed by atoms with van der Waals surface area (Å²) in [6, 6.07) is 23.8. The first-order valence-electron chi connectivity index (χ1n) is 13.3. The fourth-order valence-electron chi connectivity index (χ4n) is 3.85. The first kappa shape index (κ1) is 38.3. The molecule has 0 aliphatic heterocycles. The minimum atomic E-state index is -1.25. The number of aliphatic hydroxyl groups excluding tert-OH is 1. The molecule has 7 nitrogen and oxygen atoms in total. The van der Waals surface area contributed by atoms with Gasteiger partial charge in [0.1, 0.15) is 11.5 Å². The van der Waals surface area contributed by atoms with E-state index in [9.17, 15) is 24.9 Å². The molecule has 42 heavy (non-hydrogen) atoms. The van der Waals surface area contributed by atoms with Crippen LogP contribution < -0.4 is 78.8 Å². The Balaban J connectivity index is 0.00000441. The Morgan fingerprint density at radius 2 is 1.40 bits per heavy atom. The van der Waals surface area contributed by atoms with Gasteiger partial charge in [-0.25, -0.2) is 0 Å². The van der Waals surface area contributed by atoms with Gasteiger partial charge in [-0.05, 0) is 86.1 Å². The molecule has 0 saturated heterocycles. The summed E-state index contributed by atoms with van der Waals surface area (Å²) in [6.07, 6.45) is 6.01. The van der Waals surface area contributed by atoms with Crippen LogP contribution in [0.15, 0.2) is 95.9 Å². The number of aliphatic carboxylic acids is 1. The van der Waals surface area contributed by atoms with Gasteiger partial charge in [0.2, 0.25) is 0 Å². The standard InChI is InChI=1S/C32H36O7S.2Na/c33-29(11-7-13-31(34)35)30(40-28-20-16-25(17-21-28)32(36)37)12-6-8-24-14-18-27(19-15-24)39-23-5-4-22-38-26-9-2-1-3-10-26;;/h1-3,6,9-10,12,14-21,29-30,33H,4-5,7-8,11,13,22-23H2,(H,34,35)(H,36,37);;/q;2*+1/p-2/b12-6-;;/t29-,30+;;/m0../s1. The Morgan fingerprint density at radius 1 is 0.810 bits per heavy atom. The van der Waals surface area contributed by atoms with E-state index >= 15 is 0 Å². The van der Waals surface area contributed by atoms with Crippen LogP contribution in [0, 0.1) is 0 Å². The fourth-order valence-corrected chi connectivity index (χ4v) is 4.94. The van der Waals surface area contributed by atoms with Gasteiger partial charge in [-0.15, -0.1) is 11.8 Å². The predicted molar refractivity (Wildman–Crippen MR) is 151 cm³/mol. The number of ether oxygens (including phenoxy) is 2. The molecule has 0 aromatic heterocycles. The number of allylic oxidation sites excluding steroid dienone is 1. The maximum absolute atomic E-state index is 11.0. The maximum atomic E-state index is 11.0. The molecule has 3 aromatic rings. The topological polar surface area (TPSA) is 119 Å². The van der Waals surface area contributed by atoms with E-state index < -0.39 is 18.0 Å². The van der Waals surface area contributed by atoms with Crippen molar-refractivity contribution < 1.29 is 93.5 Å². The van der Waals surface area contributed by atoms with E-state index in [0.717, 1.165) is 34.8 Å². The molecule has 0 heterocycles. The van der Waals surface area contributed by atoms with Gasteiger partial charge in [0.05, 0.1) is 30.5 Å². The second kappa shape index (κ2) is 21.9. The molecule has 3 aromatic carbocycles. The van der Waals surface area contributed by atoms with Crippen molar-refractivity contribution >= 4 is 23.7 Å². The summed E-state index contributed by atoms with van der Waals surface area (Å²) in [5, 5.41) is 32.2. The molecule has 0 fully saturated rings. The third-order valence-electron chi connectivity index (χ3n) is 6.04. The van der Waals surface area contributed by atoms with Crippen LogP contribution in [-0.2, 0) is 11.2 Å². The number of rotatable bonds is 18. The molecule has 0 spiro atoms. The number of thioether (sulfide) groups is 1. The number of hydrogen-bond acceptors (Lipinski definition) is 8. The molecule has 0 aliphatic carbocycles. The molecular formula is C32H34Na2O7S. The summed E-state index contributed by atoms with van der Waals surface area (Å²) in [7, 11) is 0. The van der Waals surface area contributed by atoms with Crippen molar-refractivity contribution in [3.05, 3.63) is 102 Å². The number of carbonyl (C=O) groups is 2. The van der Waals surface area contributed by atoms with E-state index in [1.807, 2.05) is 66.7 Å². The monoisotopic (exact) mass is 608 g/mol. The van der Waals surface area contributed by atoms with E-state index in [4.69, 9.17) is 9.47 Å². The van der Waals surface area contributed by atoms with Gasteiger partial charge in [-0.1, -0.05) is 54.6 Å². The van der Waals surface area contributed by atoms with Crippen LogP contribution in [0.5, 0.6) is 11.5 Å². The van der Waals surface area contributed by atoms with E-state index in [2.05, 4.69) is 0 Å².